The molecule has 84 valence electrons. The Balaban J connectivity index is 2.24. The first kappa shape index (κ1) is 11.8. The quantitative estimate of drug-likeness (QED) is 0.725. The summed E-state index contributed by atoms with van der Waals surface area (Å²) < 4.78 is 35.8. The minimum Gasteiger partial charge on any atom is -0.382 e. The third-order valence-electron chi connectivity index (χ3n) is 2.58. The lowest BCUT2D eigenvalue weighted by atomic mass is 10.1. The summed E-state index contributed by atoms with van der Waals surface area (Å²) >= 11 is 0. The summed E-state index contributed by atoms with van der Waals surface area (Å²) in [4.78, 5) is 0. The number of hydrogen-bond donors (Lipinski definition) is 2. The number of halogens is 3. The molecule has 2 nitrogen and oxygen atoms in total. The van der Waals surface area contributed by atoms with E-state index in [1.807, 2.05) is 6.92 Å². The molecule has 1 rings (SSSR count). The van der Waals surface area contributed by atoms with Gasteiger partial charge in [-0.2, -0.15) is 13.2 Å². The molecule has 2 atom stereocenters. The van der Waals surface area contributed by atoms with Crippen molar-refractivity contribution in [2.45, 2.75) is 44.5 Å². The number of alkyl halides is 3. The maximum absolute atomic E-state index is 11.9. The largest absolute Gasteiger partial charge is 0.415 e. The van der Waals surface area contributed by atoms with Gasteiger partial charge < -0.3 is 10.4 Å². The van der Waals surface area contributed by atoms with Crippen LogP contribution in [0.1, 0.15) is 26.2 Å². The van der Waals surface area contributed by atoms with Crippen LogP contribution >= 0.6 is 0 Å². The van der Waals surface area contributed by atoms with Gasteiger partial charge in [-0.05, 0) is 25.2 Å². The Bertz CT molecular complexity index is 177. The highest BCUT2D eigenvalue weighted by atomic mass is 19.4. The van der Waals surface area contributed by atoms with Gasteiger partial charge in [-0.15, -0.1) is 0 Å². The van der Waals surface area contributed by atoms with Gasteiger partial charge in [-0.3, -0.25) is 0 Å². The normalized spacial score (nSPS) is 22.1. The van der Waals surface area contributed by atoms with Crippen LogP contribution < -0.4 is 5.32 Å². The number of rotatable bonds is 5. The van der Waals surface area contributed by atoms with Gasteiger partial charge in [0.25, 0.3) is 0 Å². The fraction of sp³-hybridized carbons (Fsp3) is 1.00. The first-order chi connectivity index (χ1) is 6.45. The predicted octanol–water partition coefficient (Wildman–Crippen LogP) is 1.69. The summed E-state index contributed by atoms with van der Waals surface area (Å²) in [5, 5.41) is 11.5. The lowest BCUT2D eigenvalue weighted by Gasteiger charge is -2.20. The Labute approximate surface area is 81.5 Å². The van der Waals surface area contributed by atoms with Crippen LogP contribution in [-0.4, -0.2) is 30.0 Å². The van der Waals surface area contributed by atoms with Crippen molar-refractivity contribution < 1.29 is 18.3 Å². The van der Waals surface area contributed by atoms with Gasteiger partial charge in [0.2, 0.25) is 0 Å². The summed E-state index contributed by atoms with van der Waals surface area (Å²) in [7, 11) is 0. The Morgan fingerprint density at radius 3 is 2.36 bits per heavy atom. The molecule has 0 aromatic rings. The second-order valence-corrected chi connectivity index (χ2v) is 3.82. The summed E-state index contributed by atoms with van der Waals surface area (Å²) in [6.07, 6.45) is -3.75. The van der Waals surface area contributed by atoms with Crippen LogP contribution in [0.25, 0.3) is 0 Å². The average molecular weight is 211 g/mol. The number of aliphatic hydroxyl groups is 1. The summed E-state index contributed by atoms with van der Waals surface area (Å²) in [5.74, 6) is 0.514. The van der Waals surface area contributed by atoms with E-state index >= 15 is 0 Å². The smallest absolute Gasteiger partial charge is 0.382 e. The molecule has 5 heteroatoms. The second-order valence-electron chi connectivity index (χ2n) is 3.82. The van der Waals surface area contributed by atoms with Crippen LogP contribution in [0.4, 0.5) is 13.2 Å². The molecule has 1 saturated carbocycles. The lowest BCUT2D eigenvalue weighted by molar-refractivity contribution is -0.202. The van der Waals surface area contributed by atoms with E-state index in [4.69, 9.17) is 5.11 Å². The average Bonchev–Trinajstić information content (AvgIpc) is 2.87. The maximum Gasteiger partial charge on any atom is 0.415 e. The predicted molar refractivity (Wildman–Crippen MR) is 46.9 cm³/mol. The molecule has 0 spiro atoms. The van der Waals surface area contributed by atoms with Crippen molar-refractivity contribution in [3.05, 3.63) is 0 Å². The zero-order chi connectivity index (χ0) is 10.8. The van der Waals surface area contributed by atoms with Crippen LogP contribution in [0.3, 0.4) is 0 Å². The standard InChI is InChI=1S/C9H16F3NO/c1-2-7(6-3-4-6)13-5-8(14)9(10,11)12/h6-8,13-14H,2-5H2,1H3. The van der Waals surface area contributed by atoms with Gasteiger partial charge in [-0.25, -0.2) is 0 Å². The molecule has 0 heterocycles. The third-order valence-corrected chi connectivity index (χ3v) is 2.58. The van der Waals surface area contributed by atoms with Crippen molar-refractivity contribution in [3.63, 3.8) is 0 Å². The molecule has 14 heavy (non-hydrogen) atoms. The summed E-state index contributed by atoms with van der Waals surface area (Å²) in [6.45, 7) is 1.55. The molecule has 1 aliphatic carbocycles. The molecule has 2 N–H and O–H groups in total. The summed E-state index contributed by atoms with van der Waals surface area (Å²) in [5.41, 5.74) is 0. The zero-order valence-corrected chi connectivity index (χ0v) is 8.14. The van der Waals surface area contributed by atoms with Crippen molar-refractivity contribution in [3.8, 4) is 0 Å². The number of nitrogens with one attached hydrogen (secondary N) is 1. The van der Waals surface area contributed by atoms with Crippen molar-refractivity contribution in [1.29, 1.82) is 0 Å². The molecule has 0 bridgehead atoms. The lowest BCUT2D eigenvalue weighted by Crippen LogP contribution is -2.43. The molecule has 0 aromatic carbocycles. The van der Waals surface area contributed by atoms with E-state index in [1.54, 1.807) is 0 Å². The SMILES string of the molecule is CCC(NCC(O)C(F)(F)F)C1CC1. The molecule has 0 aliphatic heterocycles. The van der Waals surface area contributed by atoms with E-state index in [1.165, 1.54) is 0 Å². The maximum atomic E-state index is 11.9. The zero-order valence-electron chi connectivity index (χ0n) is 8.14. The fourth-order valence-electron chi connectivity index (χ4n) is 1.52. The molecular weight excluding hydrogens is 195 g/mol. The van der Waals surface area contributed by atoms with E-state index in [2.05, 4.69) is 5.32 Å². The van der Waals surface area contributed by atoms with Gasteiger partial charge in [0, 0.05) is 12.6 Å². The van der Waals surface area contributed by atoms with Gasteiger partial charge in [0.05, 0.1) is 0 Å². The first-order valence-corrected chi connectivity index (χ1v) is 4.93. The van der Waals surface area contributed by atoms with E-state index in [0.29, 0.717) is 5.92 Å². The Kier molecular flexibility index (Phi) is 3.78. The third kappa shape index (κ3) is 3.46. The minimum atomic E-state index is -4.51. The van der Waals surface area contributed by atoms with Crippen LogP contribution in [0.2, 0.25) is 0 Å². The van der Waals surface area contributed by atoms with Crippen LogP contribution in [0.15, 0.2) is 0 Å². The van der Waals surface area contributed by atoms with Crippen LogP contribution in [-0.2, 0) is 0 Å². The van der Waals surface area contributed by atoms with E-state index in [0.717, 1.165) is 19.3 Å². The second kappa shape index (κ2) is 4.49. The molecule has 1 aliphatic rings. The van der Waals surface area contributed by atoms with E-state index in [-0.39, 0.29) is 6.04 Å². The van der Waals surface area contributed by atoms with Crippen LogP contribution in [0.5, 0.6) is 0 Å². The highest BCUT2D eigenvalue weighted by molar-refractivity contribution is 4.86. The molecule has 0 aromatic heterocycles. The fourth-order valence-corrected chi connectivity index (χ4v) is 1.52. The van der Waals surface area contributed by atoms with E-state index < -0.39 is 18.8 Å². The van der Waals surface area contributed by atoms with Crippen molar-refractivity contribution >= 4 is 0 Å². The van der Waals surface area contributed by atoms with Crippen molar-refractivity contribution in [2.75, 3.05) is 6.54 Å². The molecule has 1 fully saturated rings. The minimum absolute atomic E-state index is 0.131. The molecule has 0 radical (unpaired) electrons. The molecule has 2 unspecified atom stereocenters. The highest BCUT2D eigenvalue weighted by Crippen LogP contribution is 2.34. The number of aliphatic hydroxyl groups excluding tert-OH is 1. The van der Waals surface area contributed by atoms with Crippen LogP contribution in [0, 0.1) is 5.92 Å². The topological polar surface area (TPSA) is 32.3 Å². The van der Waals surface area contributed by atoms with E-state index in [9.17, 15) is 13.2 Å². The van der Waals surface area contributed by atoms with Crippen molar-refractivity contribution in [1.82, 2.24) is 5.32 Å². The van der Waals surface area contributed by atoms with Gasteiger partial charge in [0.15, 0.2) is 6.10 Å². The van der Waals surface area contributed by atoms with Gasteiger partial charge in [0.1, 0.15) is 0 Å². The summed E-state index contributed by atoms with van der Waals surface area (Å²) in [6, 6.07) is 0.131. The Hall–Kier alpha value is -0.290. The van der Waals surface area contributed by atoms with Crippen molar-refractivity contribution in [2.24, 2.45) is 5.92 Å². The monoisotopic (exact) mass is 211 g/mol. The molecular formula is C9H16F3NO. The Morgan fingerprint density at radius 2 is 2.00 bits per heavy atom. The first-order valence-electron chi connectivity index (χ1n) is 4.93. The molecule has 0 amide bonds. The molecule has 0 saturated heterocycles. The van der Waals surface area contributed by atoms with Gasteiger partial charge in [-0.1, -0.05) is 6.92 Å². The Morgan fingerprint density at radius 1 is 1.43 bits per heavy atom. The highest BCUT2D eigenvalue weighted by Gasteiger charge is 2.39. The number of hydrogen-bond acceptors (Lipinski definition) is 2. The van der Waals surface area contributed by atoms with Gasteiger partial charge >= 0.3 is 6.18 Å².